The molecule has 0 fully saturated rings. The fourth-order valence-electron chi connectivity index (χ4n) is 12.1. The predicted octanol–water partition coefficient (Wildman–Crippen LogP) is 23.4. The first-order valence-corrected chi connectivity index (χ1v) is 43.9. The van der Waals surface area contributed by atoms with E-state index < -0.39 is 97.5 Å². The van der Waals surface area contributed by atoms with Gasteiger partial charge in [0.15, 0.2) is 12.2 Å². The van der Waals surface area contributed by atoms with Crippen LogP contribution in [0.1, 0.15) is 408 Å². The first-order valence-electron chi connectivity index (χ1n) is 40.9. The third-order valence-electron chi connectivity index (χ3n) is 18.7. The molecule has 0 rings (SSSR count). The number of hydrogen-bond donors (Lipinski definition) is 3. The molecule has 0 bridgehead atoms. The number of phosphoric acid groups is 2. The van der Waals surface area contributed by atoms with Gasteiger partial charge < -0.3 is 33.8 Å². The van der Waals surface area contributed by atoms with Crippen molar-refractivity contribution in [1.82, 2.24) is 0 Å². The Labute approximate surface area is 600 Å². The number of esters is 4. The first-order chi connectivity index (χ1) is 47.3. The smallest absolute Gasteiger partial charge is 0.462 e. The summed E-state index contributed by atoms with van der Waals surface area (Å²) in [6, 6.07) is 0. The Morgan fingerprint density at radius 3 is 0.776 bits per heavy atom. The molecule has 98 heavy (non-hydrogen) atoms. The van der Waals surface area contributed by atoms with E-state index in [-0.39, 0.29) is 25.7 Å². The molecule has 582 valence electrons. The Morgan fingerprint density at radius 2 is 0.520 bits per heavy atom. The summed E-state index contributed by atoms with van der Waals surface area (Å²) < 4.78 is 68.7. The summed E-state index contributed by atoms with van der Waals surface area (Å²) >= 11 is 0. The fourth-order valence-corrected chi connectivity index (χ4v) is 13.7. The third-order valence-corrected chi connectivity index (χ3v) is 20.6. The van der Waals surface area contributed by atoms with E-state index in [0.717, 1.165) is 108 Å². The van der Waals surface area contributed by atoms with Gasteiger partial charge >= 0.3 is 39.5 Å². The number of carbonyl (C=O) groups is 4. The van der Waals surface area contributed by atoms with E-state index in [1.54, 1.807) is 0 Å². The van der Waals surface area contributed by atoms with Crippen molar-refractivity contribution in [3.05, 3.63) is 0 Å². The van der Waals surface area contributed by atoms with Crippen LogP contribution in [0.4, 0.5) is 0 Å². The van der Waals surface area contributed by atoms with Gasteiger partial charge in [0, 0.05) is 25.7 Å². The molecule has 0 aromatic rings. The van der Waals surface area contributed by atoms with Crippen molar-refractivity contribution in [2.75, 3.05) is 39.6 Å². The fraction of sp³-hybridized carbons (Fsp3) is 0.949. The summed E-state index contributed by atoms with van der Waals surface area (Å²) in [6.45, 7) is 11.9. The van der Waals surface area contributed by atoms with Crippen LogP contribution in [0.25, 0.3) is 0 Å². The van der Waals surface area contributed by atoms with Crippen molar-refractivity contribution >= 4 is 39.5 Å². The van der Waals surface area contributed by atoms with Gasteiger partial charge in [-0.3, -0.25) is 37.3 Å². The lowest BCUT2D eigenvalue weighted by Crippen LogP contribution is -2.30. The van der Waals surface area contributed by atoms with E-state index in [1.807, 2.05) is 0 Å². The highest BCUT2D eigenvalue weighted by Gasteiger charge is 2.30. The van der Waals surface area contributed by atoms with E-state index in [1.165, 1.54) is 218 Å². The number of unbranched alkanes of at least 4 members (excludes halogenated alkanes) is 44. The molecule has 0 aromatic carbocycles. The zero-order valence-electron chi connectivity index (χ0n) is 64.3. The molecule has 6 atom stereocenters. The van der Waals surface area contributed by atoms with Gasteiger partial charge in [-0.05, 0) is 43.4 Å². The molecule has 0 aromatic heterocycles. The first kappa shape index (κ1) is 96.1. The molecule has 0 saturated carbocycles. The Bertz CT molecular complexity index is 1910. The average molecular weight is 1440 g/mol. The van der Waals surface area contributed by atoms with Gasteiger partial charge in [-0.1, -0.05) is 357 Å². The van der Waals surface area contributed by atoms with E-state index >= 15 is 0 Å². The molecule has 0 radical (unpaired) electrons. The van der Waals surface area contributed by atoms with Gasteiger partial charge in [-0.25, -0.2) is 9.13 Å². The van der Waals surface area contributed by atoms with Gasteiger partial charge in [-0.15, -0.1) is 0 Å². The maximum Gasteiger partial charge on any atom is 0.472 e. The summed E-state index contributed by atoms with van der Waals surface area (Å²) in [5.74, 6) is 0.207. The highest BCUT2D eigenvalue weighted by molar-refractivity contribution is 7.47. The monoisotopic (exact) mass is 1440 g/mol. The molecule has 0 amide bonds. The van der Waals surface area contributed by atoms with Crippen LogP contribution in [0.3, 0.4) is 0 Å². The van der Waals surface area contributed by atoms with Crippen molar-refractivity contribution in [3.8, 4) is 0 Å². The minimum absolute atomic E-state index is 0.106. The van der Waals surface area contributed by atoms with Gasteiger partial charge in [0.1, 0.15) is 19.3 Å². The second-order valence-electron chi connectivity index (χ2n) is 29.6. The molecule has 19 heteroatoms. The molecule has 0 saturated heterocycles. The Balaban J connectivity index is 5.26. The van der Waals surface area contributed by atoms with E-state index in [9.17, 15) is 43.2 Å². The van der Waals surface area contributed by atoms with Crippen LogP contribution >= 0.6 is 15.6 Å². The number of ether oxygens (including phenoxy) is 4. The standard InChI is InChI=1S/C79H154O17P2/c1-8-10-11-12-13-14-15-16-17-18-19-22-26-32-41-48-55-62-78(83)95-74(66-89-76(81)60-53-46-39-31-25-23-20-21-24-29-36-43-50-57-70(3)4)68-93-97(85,86)91-64-73(80)65-92-98(87,88)94-69-75(67-90-77(82)61-54-47-40-35-34-37-44-51-58-71(5)6)96-79(84)63-56-49-42-33-28-27-30-38-45-52-59-72(7)9-2/h70-75,80H,8-69H2,1-7H3,(H,85,86)(H,87,88)/t72?,73-,74-,75-/m1/s1. The van der Waals surface area contributed by atoms with Gasteiger partial charge in [-0.2, -0.15) is 0 Å². The highest BCUT2D eigenvalue weighted by Crippen LogP contribution is 2.45. The molecule has 0 aliphatic heterocycles. The Morgan fingerprint density at radius 1 is 0.296 bits per heavy atom. The van der Waals surface area contributed by atoms with E-state index in [4.69, 9.17) is 37.0 Å². The highest BCUT2D eigenvalue weighted by atomic mass is 31.2. The van der Waals surface area contributed by atoms with Crippen LogP contribution in [-0.4, -0.2) is 96.7 Å². The summed E-state index contributed by atoms with van der Waals surface area (Å²) in [5, 5.41) is 10.6. The van der Waals surface area contributed by atoms with E-state index in [0.29, 0.717) is 25.7 Å². The number of rotatable bonds is 77. The van der Waals surface area contributed by atoms with Crippen molar-refractivity contribution < 1.29 is 80.2 Å². The lowest BCUT2D eigenvalue weighted by Gasteiger charge is -2.21. The second-order valence-corrected chi connectivity index (χ2v) is 32.6. The lowest BCUT2D eigenvalue weighted by molar-refractivity contribution is -0.161. The molecule has 0 aliphatic rings. The van der Waals surface area contributed by atoms with Gasteiger partial charge in [0.25, 0.3) is 0 Å². The molecule has 17 nitrogen and oxygen atoms in total. The number of hydrogen-bond acceptors (Lipinski definition) is 15. The largest absolute Gasteiger partial charge is 0.472 e. The summed E-state index contributed by atoms with van der Waals surface area (Å²) in [4.78, 5) is 73.0. The number of aliphatic hydroxyl groups excluding tert-OH is 1. The number of carbonyl (C=O) groups excluding carboxylic acids is 4. The normalized spacial score (nSPS) is 14.3. The molecule has 0 aliphatic carbocycles. The predicted molar refractivity (Wildman–Crippen MR) is 400 cm³/mol. The number of phosphoric ester groups is 2. The van der Waals surface area contributed by atoms with Gasteiger partial charge in [0.2, 0.25) is 0 Å². The third kappa shape index (κ3) is 71.1. The van der Waals surface area contributed by atoms with E-state index in [2.05, 4.69) is 48.5 Å². The van der Waals surface area contributed by atoms with Crippen LogP contribution in [0, 0.1) is 17.8 Å². The Kier molecular flexibility index (Phi) is 68.1. The van der Waals surface area contributed by atoms with Crippen LogP contribution in [0.5, 0.6) is 0 Å². The molecule has 0 spiro atoms. The quantitative estimate of drug-likeness (QED) is 0.0222. The van der Waals surface area contributed by atoms with Crippen molar-refractivity contribution in [2.45, 2.75) is 426 Å². The summed E-state index contributed by atoms with van der Waals surface area (Å²) in [5.41, 5.74) is 0. The minimum atomic E-state index is -4.96. The maximum absolute atomic E-state index is 13.1. The van der Waals surface area contributed by atoms with Gasteiger partial charge in [0.05, 0.1) is 26.4 Å². The van der Waals surface area contributed by atoms with Crippen LogP contribution < -0.4 is 0 Å². The lowest BCUT2D eigenvalue weighted by atomic mass is 9.99. The molecule has 0 heterocycles. The second kappa shape index (κ2) is 69.4. The summed E-state index contributed by atoms with van der Waals surface area (Å²) in [6.07, 6.45) is 56.8. The van der Waals surface area contributed by atoms with Crippen LogP contribution in [0.15, 0.2) is 0 Å². The zero-order valence-corrected chi connectivity index (χ0v) is 66.0. The summed E-state index contributed by atoms with van der Waals surface area (Å²) in [7, 11) is -9.92. The van der Waals surface area contributed by atoms with Crippen molar-refractivity contribution in [3.63, 3.8) is 0 Å². The molecule has 3 unspecified atom stereocenters. The van der Waals surface area contributed by atoms with Crippen LogP contribution in [-0.2, 0) is 65.4 Å². The minimum Gasteiger partial charge on any atom is -0.462 e. The number of aliphatic hydroxyl groups is 1. The van der Waals surface area contributed by atoms with Crippen molar-refractivity contribution in [2.24, 2.45) is 17.8 Å². The maximum atomic E-state index is 13.1. The topological polar surface area (TPSA) is 237 Å². The average Bonchev–Trinajstić information content (AvgIpc) is 1.27. The van der Waals surface area contributed by atoms with Crippen LogP contribution in [0.2, 0.25) is 0 Å². The molecule has 3 N–H and O–H groups in total. The molecular formula is C79H154O17P2. The van der Waals surface area contributed by atoms with Crippen molar-refractivity contribution in [1.29, 1.82) is 0 Å². The Hall–Kier alpha value is -1.94. The SMILES string of the molecule is CCCCCCCCCCCCCCCCCCCC(=O)O[C@H](COC(=O)CCCCCCCCCCCCCCCC(C)C)COP(=O)(O)OC[C@@H](O)COP(=O)(O)OC[C@@H](COC(=O)CCCCCCCCCCC(C)C)OC(=O)CCCCCCCCCCCCC(C)CC. The molecular weight excluding hydrogens is 1280 g/mol. The zero-order chi connectivity index (χ0) is 72.3.